The molecule has 2 aromatic heterocycles. The average molecular weight is 428 g/mol. The Balaban J connectivity index is 1.30. The molecule has 0 atom stereocenters. The first-order valence-corrected chi connectivity index (χ1v) is 10.9. The minimum atomic E-state index is -0.134. The zero-order valence-corrected chi connectivity index (χ0v) is 17.8. The van der Waals surface area contributed by atoms with E-state index >= 15 is 0 Å². The third-order valence-electron chi connectivity index (χ3n) is 5.61. The van der Waals surface area contributed by atoms with Crippen molar-refractivity contribution in [2.24, 2.45) is 0 Å². The van der Waals surface area contributed by atoms with E-state index in [2.05, 4.69) is 20.2 Å². The number of amides is 1. The molecule has 1 aliphatic rings. The lowest BCUT2D eigenvalue weighted by Gasteiger charge is -2.16. The lowest BCUT2D eigenvalue weighted by atomic mass is 10.3. The Labute approximate surface area is 186 Å². The second-order valence-electron chi connectivity index (χ2n) is 7.85. The highest BCUT2D eigenvalue weighted by molar-refractivity contribution is 5.91. The van der Waals surface area contributed by atoms with Crippen molar-refractivity contribution in [3.05, 3.63) is 78.8 Å². The van der Waals surface area contributed by atoms with Crippen molar-refractivity contribution in [2.75, 3.05) is 23.3 Å². The molecule has 0 unspecified atom stereocenters. The summed E-state index contributed by atoms with van der Waals surface area (Å²) in [6.45, 7) is 2.50. The number of anilines is 2. The maximum absolute atomic E-state index is 12.9. The number of rotatable bonds is 7. The van der Waals surface area contributed by atoms with Gasteiger partial charge in [-0.05, 0) is 49.2 Å². The van der Waals surface area contributed by atoms with Crippen LogP contribution in [-0.2, 0) is 17.9 Å². The largest absolute Gasteiger partial charge is 0.486 e. The van der Waals surface area contributed by atoms with Crippen LogP contribution in [0.25, 0.3) is 11.0 Å². The molecule has 3 heterocycles. The molecule has 1 aliphatic heterocycles. The Morgan fingerprint density at radius 3 is 2.53 bits per heavy atom. The summed E-state index contributed by atoms with van der Waals surface area (Å²) in [5.41, 5.74) is 2.42. The molecular weight excluding hydrogens is 402 g/mol. The first-order chi connectivity index (χ1) is 15.8. The molecule has 1 fully saturated rings. The molecule has 0 saturated carbocycles. The molecule has 5 rings (SSSR count). The van der Waals surface area contributed by atoms with Crippen molar-refractivity contribution in [1.29, 1.82) is 0 Å². The molecule has 0 radical (unpaired) electrons. The van der Waals surface area contributed by atoms with Crippen molar-refractivity contribution < 1.29 is 9.53 Å². The number of pyridine rings is 1. The Morgan fingerprint density at radius 2 is 1.75 bits per heavy atom. The van der Waals surface area contributed by atoms with Crippen molar-refractivity contribution >= 4 is 28.4 Å². The molecule has 0 bridgehead atoms. The van der Waals surface area contributed by atoms with Crippen molar-refractivity contribution in [3.8, 4) is 5.75 Å². The smallest absolute Gasteiger partial charge is 0.244 e. The predicted molar refractivity (Wildman–Crippen MR) is 125 cm³/mol. The van der Waals surface area contributed by atoms with Crippen LogP contribution in [0.5, 0.6) is 5.75 Å². The summed E-state index contributed by atoms with van der Waals surface area (Å²) in [5.74, 6) is 2.29. The van der Waals surface area contributed by atoms with Gasteiger partial charge in [0.05, 0.1) is 22.9 Å². The van der Waals surface area contributed by atoms with Crippen LogP contribution in [0.15, 0.2) is 72.9 Å². The number of para-hydroxylation sites is 3. The van der Waals surface area contributed by atoms with E-state index in [1.165, 1.54) is 12.8 Å². The standard InChI is InChI=1S/C25H25N5O2/c31-25(27-19-12-13-23(26-16-19)29-14-6-7-15-29)17-30-22-11-5-4-10-21(22)28-24(30)18-32-20-8-2-1-3-9-20/h1-5,8-13,16H,6-7,14-15,17-18H2,(H,27,31). The van der Waals surface area contributed by atoms with E-state index in [0.717, 1.165) is 35.7 Å². The van der Waals surface area contributed by atoms with Gasteiger partial charge < -0.3 is 19.5 Å². The fraction of sp³-hybridized carbons (Fsp3) is 0.240. The molecule has 7 heteroatoms. The van der Waals surface area contributed by atoms with Crippen LogP contribution >= 0.6 is 0 Å². The Hall–Kier alpha value is -3.87. The van der Waals surface area contributed by atoms with Gasteiger partial charge in [0.2, 0.25) is 5.91 Å². The fourth-order valence-electron chi connectivity index (χ4n) is 4.01. The average Bonchev–Trinajstić information content (AvgIpc) is 3.48. The second kappa shape index (κ2) is 9.09. The third kappa shape index (κ3) is 4.42. The summed E-state index contributed by atoms with van der Waals surface area (Å²) < 4.78 is 7.80. The number of aromatic nitrogens is 3. The van der Waals surface area contributed by atoms with E-state index in [0.29, 0.717) is 11.5 Å². The number of fused-ring (bicyclic) bond motifs is 1. The second-order valence-corrected chi connectivity index (χ2v) is 7.85. The van der Waals surface area contributed by atoms with E-state index < -0.39 is 0 Å². The van der Waals surface area contributed by atoms with Crippen molar-refractivity contribution in [2.45, 2.75) is 26.0 Å². The van der Waals surface area contributed by atoms with E-state index in [1.54, 1.807) is 6.20 Å². The Kier molecular flexibility index (Phi) is 5.70. The normalized spacial score (nSPS) is 13.4. The van der Waals surface area contributed by atoms with Crippen LogP contribution in [0.1, 0.15) is 18.7 Å². The van der Waals surface area contributed by atoms with E-state index in [-0.39, 0.29) is 19.1 Å². The predicted octanol–water partition coefficient (Wildman–Crippen LogP) is 4.25. The maximum atomic E-state index is 12.9. The fourth-order valence-corrected chi connectivity index (χ4v) is 4.01. The molecular formula is C25H25N5O2. The number of carbonyl (C=O) groups is 1. The summed E-state index contributed by atoms with van der Waals surface area (Å²) in [6, 6.07) is 21.3. The van der Waals surface area contributed by atoms with Gasteiger partial charge in [0.15, 0.2) is 0 Å². The molecule has 0 aliphatic carbocycles. The monoisotopic (exact) mass is 427 g/mol. The molecule has 4 aromatic rings. The number of benzene rings is 2. The molecule has 162 valence electrons. The molecule has 1 saturated heterocycles. The van der Waals surface area contributed by atoms with Gasteiger partial charge >= 0.3 is 0 Å². The topological polar surface area (TPSA) is 72.3 Å². The van der Waals surface area contributed by atoms with Gasteiger partial charge in [-0.25, -0.2) is 9.97 Å². The summed E-state index contributed by atoms with van der Waals surface area (Å²) in [4.78, 5) is 24.3. The molecule has 1 amide bonds. The zero-order chi connectivity index (χ0) is 21.8. The summed E-state index contributed by atoms with van der Waals surface area (Å²) in [6.07, 6.45) is 4.13. The third-order valence-corrected chi connectivity index (χ3v) is 5.61. The van der Waals surface area contributed by atoms with Crippen LogP contribution in [0, 0.1) is 0 Å². The summed E-state index contributed by atoms with van der Waals surface area (Å²) in [7, 11) is 0. The van der Waals surface area contributed by atoms with Crippen LogP contribution in [0.4, 0.5) is 11.5 Å². The van der Waals surface area contributed by atoms with Crippen LogP contribution in [0.3, 0.4) is 0 Å². The molecule has 7 nitrogen and oxygen atoms in total. The van der Waals surface area contributed by atoms with Gasteiger partial charge in [0.25, 0.3) is 0 Å². The minimum Gasteiger partial charge on any atom is -0.486 e. The minimum absolute atomic E-state index is 0.134. The van der Waals surface area contributed by atoms with Crippen LogP contribution in [0.2, 0.25) is 0 Å². The number of nitrogens with one attached hydrogen (secondary N) is 1. The maximum Gasteiger partial charge on any atom is 0.244 e. The van der Waals surface area contributed by atoms with Gasteiger partial charge in [0, 0.05) is 13.1 Å². The van der Waals surface area contributed by atoms with Gasteiger partial charge in [0.1, 0.15) is 30.5 Å². The van der Waals surface area contributed by atoms with Gasteiger partial charge in [-0.3, -0.25) is 4.79 Å². The van der Waals surface area contributed by atoms with Gasteiger partial charge in [-0.2, -0.15) is 0 Å². The highest BCUT2D eigenvalue weighted by atomic mass is 16.5. The Bertz CT molecular complexity index is 1200. The van der Waals surface area contributed by atoms with Gasteiger partial charge in [-0.15, -0.1) is 0 Å². The molecule has 2 aromatic carbocycles. The van der Waals surface area contributed by atoms with Crippen molar-refractivity contribution in [3.63, 3.8) is 0 Å². The number of carbonyl (C=O) groups excluding carboxylic acids is 1. The van der Waals surface area contributed by atoms with Crippen molar-refractivity contribution in [1.82, 2.24) is 14.5 Å². The van der Waals surface area contributed by atoms with E-state index in [1.807, 2.05) is 71.3 Å². The number of hydrogen-bond donors (Lipinski definition) is 1. The van der Waals surface area contributed by atoms with Gasteiger partial charge in [-0.1, -0.05) is 30.3 Å². The highest BCUT2D eigenvalue weighted by Crippen LogP contribution is 2.21. The highest BCUT2D eigenvalue weighted by Gasteiger charge is 2.16. The number of nitrogens with zero attached hydrogens (tertiary/aromatic N) is 4. The van der Waals surface area contributed by atoms with Crippen LogP contribution < -0.4 is 15.0 Å². The molecule has 0 spiro atoms. The summed E-state index contributed by atoms with van der Waals surface area (Å²) in [5, 5.41) is 2.95. The van der Waals surface area contributed by atoms with E-state index in [4.69, 9.17) is 4.74 Å². The lowest BCUT2D eigenvalue weighted by molar-refractivity contribution is -0.116. The van der Waals surface area contributed by atoms with E-state index in [9.17, 15) is 4.79 Å². The number of ether oxygens (including phenoxy) is 1. The SMILES string of the molecule is O=C(Cn1c(COc2ccccc2)nc2ccccc21)Nc1ccc(N2CCCC2)nc1. The first-order valence-electron chi connectivity index (χ1n) is 10.9. The Morgan fingerprint density at radius 1 is 0.969 bits per heavy atom. The van der Waals surface area contributed by atoms with Crippen LogP contribution in [-0.4, -0.2) is 33.5 Å². The zero-order valence-electron chi connectivity index (χ0n) is 17.8. The molecule has 32 heavy (non-hydrogen) atoms. The first kappa shape index (κ1) is 20.1. The lowest BCUT2D eigenvalue weighted by Crippen LogP contribution is -2.21. The number of imidazole rings is 1. The molecule has 1 N–H and O–H groups in total. The quantitative estimate of drug-likeness (QED) is 0.477. The summed E-state index contributed by atoms with van der Waals surface area (Å²) >= 11 is 0. The number of hydrogen-bond acceptors (Lipinski definition) is 5.